The number of aromatic nitrogens is 3. The number of aromatic hydroxyl groups is 2. The van der Waals surface area contributed by atoms with Crippen LogP contribution in [0, 0.1) is 12.8 Å². The molecule has 10 nitrogen and oxygen atoms in total. The van der Waals surface area contributed by atoms with E-state index in [9.17, 15) is 23.4 Å². The first kappa shape index (κ1) is 22.2. The number of carbonyl (C=O) groups is 1. The van der Waals surface area contributed by atoms with Crippen LogP contribution in [-0.4, -0.2) is 45.8 Å². The van der Waals surface area contributed by atoms with E-state index in [1.54, 1.807) is 18.2 Å². The van der Waals surface area contributed by atoms with E-state index in [2.05, 4.69) is 14.9 Å². The molecule has 0 saturated heterocycles. The smallest absolute Gasteiger partial charge is 0.287 e. The zero-order valence-electron chi connectivity index (χ0n) is 17.2. The first-order valence-corrected chi connectivity index (χ1v) is 10.9. The molecule has 31 heavy (non-hydrogen) atoms. The molecule has 0 aliphatic rings. The Morgan fingerprint density at radius 2 is 1.87 bits per heavy atom. The van der Waals surface area contributed by atoms with Gasteiger partial charge in [0, 0.05) is 23.7 Å². The molecule has 11 heteroatoms. The van der Waals surface area contributed by atoms with Crippen LogP contribution in [0.5, 0.6) is 11.5 Å². The van der Waals surface area contributed by atoms with Crippen LogP contribution in [0.15, 0.2) is 41.6 Å². The Balaban J connectivity index is 2.23. The molecule has 0 unspecified atom stereocenters. The van der Waals surface area contributed by atoms with E-state index in [1.165, 1.54) is 17.0 Å². The third kappa shape index (κ3) is 4.52. The normalized spacial score (nSPS) is 11.7. The fourth-order valence-electron chi connectivity index (χ4n) is 3.00. The van der Waals surface area contributed by atoms with Gasteiger partial charge in [0.1, 0.15) is 22.7 Å². The highest BCUT2D eigenvalue weighted by Crippen LogP contribution is 2.39. The van der Waals surface area contributed by atoms with Gasteiger partial charge >= 0.3 is 0 Å². The average molecular weight is 446 g/mol. The summed E-state index contributed by atoms with van der Waals surface area (Å²) in [6.07, 6.45) is 1.29. The fourth-order valence-corrected chi connectivity index (χ4v) is 4.31. The van der Waals surface area contributed by atoms with Crippen molar-refractivity contribution in [2.45, 2.75) is 25.7 Å². The number of hydrogen-bond donors (Lipinski definition) is 4. The molecule has 5 N–H and O–H groups in total. The van der Waals surface area contributed by atoms with Crippen LogP contribution in [0.4, 0.5) is 0 Å². The summed E-state index contributed by atoms with van der Waals surface area (Å²) in [7, 11) is -4.05. The van der Waals surface area contributed by atoms with E-state index in [-0.39, 0.29) is 34.5 Å². The van der Waals surface area contributed by atoms with Gasteiger partial charge in [0.05, 0.1) is 5.69 Å². The number of phenolic OH excluding ortho intramolecular Hbond substituents is 2. The van der Waals surface area contributed by atoms with Gasteiger partial charge in [0.2, 0.25) is 15.8 Å². The molecule has 0 aliphatic carbocycles. The van der Waals surface area contributed by atoms with Crippen LogP contribution in [0.2, 0.25) is 0 Å². The maximum Gasteiger partial charge on any atom is 0.287 e. The Morgan fingerprint density at radius 3 is 2.52 bits per heavy atom. The van der Waals surface area contributed by atoms with Crippen molar-refractivity contribution >= 4 is 15.9 Å². The van der Waals surface area contributed by atoms with Crippen molar-refractivity contribution in [1.82, 2.24) is 19.5 Å². The molecule has 0 saturated carbocycles. The largest absolute Gasteiger partial charge is 0.507 e. The Bertz CT molecular complexity index is 1250. The van der Waals surface area contributed by atoms with E-state index in [0.29, 0.717) is 11.3 Å². The monoisotopic (exact) mass is 445 g/mol. The SMILES string of the molecule is Cc1ccc(-n2cnnc2C(N)=O)c(-c2cc(S(=O)(=O)NCC(C)C)c(O)cc2O)c1. The summed E-state index contributed by atoms with van der Waals surface area (Å²) in [4.78, 5) is 11.3. The highest BCUT2D eigenvalue weighted by atomic mass is 32.2. The summed E-state index contributed by atoms with van der Waals surface area (Å²) in [6.45, 7) is 5.68. The lowest BCUT2D eigenvalue weighted by atomic mass is 10.00. The molecule has 1 aromatic heterocycles. The first-order chi connectivity index (χ1) is 14.5. The molecule has 164 valence electrons. The number of nitrogens with zero attached hydrogens (tertiary/aromatic N) is 3. The number of amides is 1. The minimum Gasteiger partial charge on any atom is -0.507 e. The number of nitrogens with one attached hydrogen (secondary N) is 1. The van der Waals surface area contributed by atoms with Crippen LogP contribution in [0.1, 0.15) is 30.0 Å². The number of aryl methyl sites for hydroxylation is 1. The van der Waals surface area contributed by atoms with E-state index >= 15 is 0 Å². The highest BCUT2D eigenvalue weighted by molar-refractivity contribution is 7.89. The second-order valence-corrected chi connectivity index (χ2v) is 9.23. The number of primary amides is 1. The number of phenols is 2. The van der Waals surface area contributed by atoms with Crippen LogP contribution in [0.3, 0.4) is 0 Å². The van der Waals surface area contributed by atoms with Gasteiger partial charge in [-0.3, -0.25) is 9.36 Å². The molecule has 2 aromatic carbocycles. The summed E-state index contributed by atoms with van der Waals surface area (Å²) >= 11 is 0. The van der Waals surface area contributed by atoms with Gasteiger partial charge < -0.3 is 15.9 Å². The Labute approximate surface area is 179 Å². The molecule has 0 aliphatic heterocycles. The minimum atomic E-state index is -4.05. The lowest BCUT2D eigenvalue weighted by Gasteiger charge is -2.16. The molecule has 0 fully saturated rings. The van der Waals surface area contributed by atoms with Gasteiger partial charge in [-0.05, 0) is 31.0 Å². The zero-order valence-corrected chi connectivity index (χ0v) is 18.0. The molecular formula is C20H23N5O5S. The van der Waals surface area contributed by atoms with Crippen molar-refractivity contribution in [2.75, 3.05) is 6.54 Å². The molecular weight excluding hydrogens is 422 g/mol. The maximum absolute atomic E-state index is 12.7. The number of nitrogens with two attached hydrogens (primary N) is 1. The van der Waals surface area contributed by atoms with Crippen LogP contribution >= 0.6 is 0 Å². The second-order valence-electron chi connectivity index (χ2n) is 7.49. The number of carbonyl (C=O) groups excluding carboxylic acids is 1. The lowest BCUT2D eigenvalue weighted by molar-refractivity contribution is 0.0988. The second kappa shape index (κ2) is 8.36. The number of benzene rings is 2. The van der Waals surface area contributed by atoms with Crippen molar-refractivity contribution < 1.29 is 23.4 Å². The van der Waals surface area contributed by atoms with E-state index < -0.39 is 21.7 Å². The standard InChI is InChI=1S/C20H23N5O5S/c1-11(2)9-23-31(29,30)18-7-14(16(26)8-17(18)27)13-6-12(3)4-5-15(13)25-10-22-24-20(25)19(21)28/h4-8,10-11,23,26-27H,9H2,1-3H3,(H2,21,28). The number of sulfonamides is 1. The van der Waals surface area contributed by atoms with Gasteiger partial charge in [-0.2, -0.15) is 0 Å². The summed E-state index contributed by atoms with van der Waals surface area (Å²) in [6, 6.07) is 7.28. The van der Waals surface area contributed by atoms with E-state index in [4.69, 9.17) is 5.73 Å². The molecule has 0 radical (unpaired) electrons. The summed E-state index contributed by atoms with van der Waals surface area (Å²) in [5.41, 5.74) is 7.09. The quantitative estimate of drug-likeness (QED) is 0.430. The fraction of sp³-hybridized carbons (Fsp3) is 0.250. The number of rotatable bonds is 7. The highest BCUT2D eigenvalue weighted by Gasteiger charge is 2.24. The van der Waals surface area contributed by atoms with E-state index in [1.807, 2.05) is 20.8 Å². The third-order valence-electron chi connectivity index (χ3n) is 4.52. The van der Waals surface area contributed by atoms with Gasteiger partial charge in [0.15, 0.2) is 0 Å². The van der Waals surface area contributed by atoms with Crippen molar-refractivity contribution in [3.63, 3.8) is 0 Å². The van der Waals surface area contributed by atoms with Crippen LogP contribution in [-0.2, 0) is 10.0 Å². The average Bonchev–Trinajstić information content (AvgIpc) is 3.16. The first-order valence-electron chi connectivity index (χ1n) is 9.38. The predicted molar refractivity (Wildman–Crippen MR) is 113 cm³/mol. The molecule has 0 bridgehead atoms. The summed E-state index contributed by atoms with van der Waals surface area (Å²) in [5.74, 6) is -1.82. The van der Waals surface area contributed by atoms with Gasteiger partial charge in [0.25, 0.3) is 5.91 Å². The summed E-state index contributed by atoms with van der Waals surface area (Å²) in [5, 5.41) is 28.2. The van der Waals surface area contributed by atoms with Crippen LogP contribution in [0.25, 0.3) is 16.8 Å². The van der Waals surface area contributed by atoms with Crippen molar-refractivity contribution in [3.05, 3.63) is 48.0 Å². The molecule has 3 rings (SSSR count). The minimum absolute atomic E-state index is 0.0536. The Kier molecular flexibility index (Phi) is 6.00. The van der Waals surface area contributed by atoms with Gasteiger partial charge in [-0.1, -0.05) is 25.5 Å². The molecule has 0 spiro atoms. The van der Waals surface area contributed by atoms with Gasteiger partial charge in [-0.25, -0.2) is 13.1 Å². The molecule has 1 heterocycles. The van der Waals surface area contributed by atoms with Crippen molar-refractivity contribution in [3.8, 4) is 28.3 Å². The topological polar surface area (TPSA) is 160 Å². The molecule has 0 atom stereocenters. The van der Waals surface area contributed by atoms with Crippen molar-refractivity contribution in [1.29, 1.82) is 0 Å². The third-order valence-corrected chi connectivity index (χ3v) is 5.97. The lowest BCUT2D eigenvalue weighted by Crippen LogP contribution is -2.27. The number of hydrogen-bond acceptors (Lipinski definition) is 7. The zero-order chi connectivity index (χ0) is 22.9. The van der Waals surface area contributed by atoms with Crippen molar-refractivity contribution in [2.24, 2.45) is 11.7 Å². The Morgan fingerprint density at radius 1 is 1.16 bits per heavy atom. The predicted octanol–water partition coefficient (Wildman–Crippen LogP) is 1.69. The maximum atomic E-state index is 12.7. The molecule has 3 aromatic rings. The Hall–Kier alpha value is -3.44. The summed E-state index contributed by atoms with van der Waals surface area (Å²) < 4.78 is 29.3. The van der Waals surface area contributed by atoms with Crippen LogP contribution < -0.4 is 10.5 Å². The van der Waals surface area contributed by atoms with E-state index in [0.717, 1.165) is 11.6 Å². The van der Waals surface area contributed by atoms with Gasteiger partial charge in [-0.15, -0.1) is 10.2 Å². The molecule has 1 amide bonds.